The third-order valence-corrected chi connectivity index (χ3v) is 6.04. The molecule has 0 saturated carbocycles. The molecule has 34 heavy (non-hydrogen) atoms. The molecule has 0 heterocycles. The van der Waals surface area contributed by atoms with Crippen LogP contribution in [0.15, 0.2) is 60.7 Å². The first-order valence-corrected chi connectivity index (χ1v) is 11.5. The molecule has 3 aromatic carbocycles. The normalized spacial score (nSPS) is 11.8. The number of benzene rings is 3. The van der Waals surface area contributed by atoms with Gasteiger partial charge < -0.3 is 21.1 Å². The molecule has 1 atom stereocenters. The van der Waals surface area contributed by atoms with Crippen molar-refractivity contribution < 1.29 is 18.7 Å². The van der Waals surface area contributed by atoms with Gasteiger partial charge in [0.15, 0.2) is 11.6 Å². The van der Waals surface area contributed by atoms with Crippen LogP contribution in [0.2, 0.25) is 10.0 Å². The maximum atomic E-state index is 13.4. The zero-order chi connectivity index (χ0) is 24.5. The minimum absolute atomic E-state index is 0.0633. The summed E-state index contributed by atoms with van der Waals surface area (Å²) >= 11 is 12.2. The lowest BCUT2D eigenvalue weighted by Gasteiger charge is -2.19. The minimum atomic E-state index is -1.04. The van der Waals surface area contributed by atoms with Crippen molar-refractivity contribution in [3.8, 4) is 5.75 Å². The molecule has 0 aliphatic heterocycles. The molecule has 180 valence electrons. The quantitative estimate of drug-likeness (QED) is 0.250. The molecular formula is C25H25Cl2F2N3O2. The molecule has 0 bridgehead atoms. The highest BCUT2D eigenvalue weighted by atomic mass is 35.5. The first-order chi connectivity index (χ1) is 16.3. The number of urea groups is 1. The summed E-state index contributed by atoms with van der Waals surface area (Å²) in [5.41, 5.74) is 2.18. The standard InChI is InChI=1S/C25H25Cl2F2N3O2/c26-21-7-3-17(13-22(21)27)18(10-12-30-11-9-16-1-5-20(33)6-2-16)15-31-25(34)32-19-4-8-23(28)24(29)14-19/h1-8,13-14,18,30,33H,9-12,15H2,(H2,31,32,34). The van der Waals surface area contributed by atoms with Gasteiger partial charge in [0.05, 0.1) is 10.0 Å². The van der Waals surface area contributed by atoms with E-state index in [9.17, 15) is 18.7 Å². The summed E-state index contributed by atoms with van der Waals surface area (Å²) in [6.07, 6.45) is 1.52. The Kier molecular flexibility index (Phi) is 9.51. The van der Waals surface area contributed by atoms with E-state index in [4.69, 9.17) is 23.2 Å². The number of hydrogen-bond donors (Lipinski definition) is 4. The Morgan fingerprint density at radius 3 is 2.38 bits per heavy atom. The van der Waals surface area contributed by atoms with Crippen molar-refractivity contribution in [2.24, 2.45) is 0 Å². The zero-order valence-electron chi connectivity index (χ0n) is 18.3. The van der Waals surface area contributed by atoms with E-state index in [-0.39, 0.29) is 17.4 Å². The second-order valence-corrected chi connectivity index (χ2v) is 8.60. The molecule has 0 spiro atoms. The molecule has 0 aliphatic rings. The first-order valence-electron chi connectivity index (χ1n) is 10.8. The van der Waals surface area contributed by atoms with Crippen molar-refractivity contribution in [1.82, 2.24) is 10.6 Å². The predicted octanol–water partition coefficient (Wildman–Crippen LogP) is 6.10. The Labute approximate surface area is 207 Å². The number of aromatic hydroxyl groups is 1. The third kappa shape index (κ3) is 7.87. The summed E-state index contributed by atoms with van der Waals surface area (Å²) in [6, 6.07) is 15.1. The van der Waals surface area contributed by atoms with E-state index in [2.05, 4.69) is 16.0 Å². The third-order valence-electron chi connectivity index (χ3n) is 5.30. The number of anilines is 1. The molecule has 2 amide bonds. The zero-order valence-corrected chi connectivity index (χ0v) is 19.8. The molecule has 9 heteroatoms. The number of nitrogens with one attached hydrogen (secondary N) is 3. The number of amides is 2. The lowest BCUT2D eigenvalue weighted by molar-refractivity contribution is 0.251. The van der Waals surface area contributed by atoms with E-state index >= 15 is 0 Å². The summed E-state index contributed by atoms with van der Waals surface area (Å²) < 4.78 is 26.5. The lowest BCUT2D eigenvalue weighted by Crippen LogP contribution is -2.33. The Balaban J connectivity index is 1.54. The first kappa shape index (κ1) is 25.7. The highest BCUT2D eigenvalue weighted by Crippen LogP contribution is 2.28. The van der Waals surface area contributed by atoms with Crippen molar-refractivity contribution >= 4 is 34.9 Å². The Morgan fingerprint density at radius 2 is 1.68 bits per heavy atom. The highest BCUT2D eigenvalue weighted by molar-refractivity contribution is 6.42. The highest BCUT2D eigenvalue weighted by Gasteiger charge is 2.15. The smallest absolute Gasteiger partial charge is 0.319 e. The van der Waals surface area contributed by atoms with Crippen LogP contribution >= 0.6 is 23.2 Å². The van der Waals surface area contributed by atoms with Crippen LogP contribution in [-0.2, 0) is 6.42 Å². The topological polar surface area (TPSA) is 73.4 Å². The molecule has 5 nitrogen and oxygen atoms in total. The fourth-order valence-corrected chi connectivity index (χ4v) is 3.72. The fourth-order valence-electron chi connectivity index (χ4n) is 3.41. The van der Waals surface area contributed by atoms with Crippen molar-refractivity contribution in [2.45, 2.75) is 18.8 Å². The van der Waals surface area contributed by atoms with Crippen molar-refractivity contribution in [3.05, 3.63) is 93.5 Å². The van der Waals surface area contributed by atoms with Crippen molar-refractivity contribution in [1.29, 1.82) is 0 Å². The molecule has 0 saturated heterocycles. The van der Waals surface area contributed by atoms with E-state index in [1.165, 1.54) is 6.07 Å². The lowest BCUT2D eigenvalue weighted by atomic mass is 9.95. The second kappa shape index (κ2) is 12.6. The van der Waals surface area contributed by atoms with Crippen LogP contribution in [0.5, 0.6) is 5.75 Å². The maximum Gasteiger partial charge on any atom is 0.319 e. The number of rotatable bonds is 10. The number of halogens is 4. The summed E-state index contributed by atoms with van der Waals surface area (Å²) in [5, 5.41) is 18.9. The number of phenols is 1. The number of carbonyl (C=O) groups is 1. The van der Waals surface area contributed by atoms with Gasteiger partial charge in [0.25, 0.3) is 0 Å². The Bertz CT molecular complexity index is 1110. The van der Waals surface area contributed by atoms with E-state index in [1.807, 2.05) is 18.2 Å². The van der Waals surface area contributed by atoms with E-state index in [0.717, 1.165) is 36.2 Å². The molecule has 1 unspecified atom stereocenters. The Hall–Kier alpha value is -2.87. The minimum Gasteiger partial charge on any atom is -0.508 e. The van der Waals surface area contributed by atoms with Gasteiger partial charge in [-0.1, -0.05) is 41.4 Å². The predicted molar refractivity (Wildman–Crippen MR) is 132 cm³/mol. The average Bonchev–Trinajstić information content (AvgIpc) is 2.81. The molecule has 4 N–H and O–H groups in total. The Morgan fingerprint density at radius 1 is 0.912 bits per heavy atom. The van der Waals surface area contributed by atoms with Gasteiger partial charge in [0, 0.05) is 24.2 Å². The molecule has 3 rings (SSSR count). The summed E-state index contributed by atoms with van der Waals surface area (Å²) in [7, 11) is 0. The fraction of sp³-hybridized carbons (Fsp3) is 0.240. The van der Waals surface area contributed by atoms with Crippen LogP contribution in [0.4, 0.5) is 19.3 Å². The van der Waals surface area contributed by atoms with E-state index in [1.54, 1.807) is 24.3 Å². The second-order valence-electron chi connectivity index (χ2n) is 7.79. The van der Waals surface area contributed by atoms with Crippen LogP contribution in [0.1, 0.15) is 23.5 Å². The van der Waals surface area contributed by atoms with Crippen LogP contribution in [0.3, 0.4) is 0 Å². The van der Waals surface area contributed by atoms with Crippen molar-refractivity contribution in [3.63, 3.8) is 0 Å². The molecule has 0 aliphatic carbocycles. The number of carbonyl (C=O) groups excluding carboxylic acids is 1. The molecule has 0 radical (unpaired) electrons. The van der Waals surface area contributed by atoms with Crippen LogP contribution in [-0.4, -0.2) is 30.8 Å². The molecule has 0 aromatic heterocycles. The largest absolute Gasteiger partial charge is 0.508 e. The molecular weight excluding hydrogens is 483 g/mol. The maximum absolute atomic E-state index is 13.4. The summed E-state index contributed by atoms with van der Waals surface area (Å²) in [4.78, 5) is 12.3. The van der Waals surface area contributed by atoms with Gasteiger partial charge in [-0.2, -0.15) is 0 Å². The molecule has 3 aromatic rings. The van der Waals surface area contributed by atoms with Crippen molar-refractivity contribution in [2.75, 3.05) is 25.0 Å². The van der Waals surface area contributed by atoms with Gasteiger partial charge in [0.1, 0.15) is 5.75 Å². The van der Waals surface area contributed by atoms with Gasteiger partial charge in [-0.15, -0.1) is 0 Å². The molecule has 0 fully saturated rings. The monoisotopic (exact) mass is 507 g/mol. The van der Waals surface area contributed by atoms with Crippen LogP contribution < -0.4 is 16.0 Å². The van der Waals surface area contributed by atoms with Gasteiger partial charge in [-0.05, 0) is 73.5 Å². The van der Waals surface area contributed by atoms with Gasteiger partial charge in [-0.3, -0.25) is 0 Å². The summed E-state index contributed by atoms with van der Waals surface area (Å²) in [5.74, 6) is -1.85. The van der Waals surface area contributed by atoms with E-state index in [0.29, 0.717) is 29.6 Å². The average molecular weight is 508 g/mol. The van der Waals surface area contributed by atoms with Gasteiger partial charge in [0.2, 0.25) is 0 Å². The summed E-state index contributed by atoms with van der Waals surface area (Å²) in [6.45, 7) is 1.74. The number of hydrogen-bond acceptors (Lipinski definition) is 3. The SMILES string of the molecule is O=C(NCC(CCNCCc1ccc(O)cc1)c1ccc(Cl)c(Cl)c1)Nc1ccc(F)c(F)c1. The van der Waals surface area contributed by atoms with E-state index < -0.39 is 17.7 Å². The van der Waals surface area contributed by atoms with Gasteiger partial charge in [-0.25, -0.2) is 13.6 Å². The number of phenolic OH excluding ortho intramolecular Hbond substituents is 1. The van der Waals surface area contributed by atoms with Crippen LogP contribution in [0.25, 0.3) is 0 Å². The van der Waals surface area contributed by atoms with Gasteiger partial charge >= 0.3 is 6.03 Å². The van der Waals surface area contributed by atoms with Crippen LogP contribution in [0, 0.1) is 11.6 Å².